The molecule has 1 aliphatic rings. The first-order chi connectivity index (χ1) is 11.1. The van der Waals surface area contributed by atoms with E-state index in [0.717, 1.165) is 0 Å². The summed E-state index contributed by atoms with van der Waals surface area (Å²) in [6, 6.07) is 6.00. The van der Waals surface area contributed by atoms with Crippen molar-refractivity contribution in [1.82, 2.24) is 30.4 Å². The summed E-state index contributed by atoms with van der Waals surface area (Å²) in [5.41, 5.74) is 0.619. The number of nitrogens with one attached hydrogen (secondary N) is 1. The fourth-order valence-corrected chi connectivity index (χ4v) is 2.30. The van der Waals surface area contributed by atoms with E-state index in [1.54, 1.807) is 12.1 Å². The molecule has 2 aromatic rings. The number of carbonyl (C=O) groups excluding carboxylic acids is 1. The number of amides is 1. The van der Waals surface area contributed by atoms with E-state index in [1.165, 1.54) is 16.8 Å². The highest BCUT2D eigenvalue weighted by molar-refractivity contribution is 5.78. The third-order valence-corrected chi connectivity index (χ3v) is 3.32. The van der Waals surface area contributed by atoms with Gasteiger partial charge in [0.15, 0.2) is 5.82 Å². The first-order valence-electron chi connectivity index (χ1n) is 6.93. The molecule has 1 amide bonds. The molecule has 0 unspecified atom stereocenters. The highest BCUT2D eigenvalue weighted by Gasteiger charge is 2.19. The van der Waals surface area contributed by atoms with E-state index in [-0.39, 0.29) is 18.2 Å². The zero-order valence-electron chi connectivity index (χ0n) is 12.0. The summed E-state index contributed by atoms with van der Waals surface area (Å²) in [6.07, 6.45) is 0. The number of tetrazole rings is 1. The van der Waals surface area contributed by atoms with Gasteiger partial charge in [0.2, 0.25) is 5.91 Å². The third kappa shape index (κ3) is 3.77. The summed E-state index contributed by atoms with van der Waals surface area (Å²) in [5.74, 6) is 0.581. The van der Waals surface area contributed by atoms with Crippen LogP contribution in [0, 0.1) is 0 Å². The number of carbonyl (C=O) groups is 1. The Kier molecular flexibility index (Phi) is 4.42. The van der Waals surface area contributed by atoms with Gasteiger partial charge in [0.1, 0.15) is 5.75 Å². The van der Waals surface area contributed by atoms with E-state index in [1.807, 2.05) is 4.90 Å². The Balaban J connectivity index is 1.73. The summed E-state index contributed by atoms with van der Waals surface area (Å²) in [4.78, 5) is 13.3. The lowest BCUT2D eigenvalue weighted by Gasteiger charge is -2.25. The molecule has 10 heteroatoms. The van der Waals surface area contributed by atoms with Crippen molar-refractivity contribution in [1.29, 1.82) is 0 Å². The van der Waals surface area contributed by atoms with Gasteiger partial charge in [-0.25, -0.2) is 0 Å². The van der Waals surface area contributed by atoms with Crippen molar-refractivity contribution in [2.45, 2.75) is 13.2 Å². The van der Waals surface area contributed by atoms with E-state index in [0.29, 0.717) is 31.1 Å². The van der Waals surface area contributed by atoms with Crippen LogP contribution in [0.5, 0.6) is 5.75 Å². The number of piperazine rings is 1. The van der Waals surface area contributed by atoms with Crippen LogP contribution in [-0.2, 0) is 11.3 Å². The second-order valence-corrected chi connectivity index (χ2v) is 4.94. The van der Waals surface area contributed by atoms with Gasteiger partial charge in [-0.1, -0.05) is 0 Å². The van der Waals surface area contributed by atoms with Crippen molar-refractivity contribution >= 4 is 5.91 Å². The molecule has 1 saturated heterocycles. The van der Waals surface area contributed by atoms with Crippen LogP contribution in [0.1, 0.15) is 5.82 Å². The van der Waals surface area contributed by atoms with Gasteiger partial charge in [0, 0.05) is 13.1 Å². The van der Waals surface area contributed by atoms with Crippen molar-refractivity contribution in [3.8, 4) is 11.4 Å². The minimum Gasteiger partial charge on any atom is -0.435 e. The van der Waals surface area contributed by atoms with Gasteiger partial charge in [-0.15, -0.1) is 5.10 Å². The molecule has 122 valence electrons. The Morgan fingerprint density at radius 1 is 1.30 bits per heavy atom. The molecule has 8 nitrogen and oxygen atoms in total. The van der Waals surface area contributed by atoms with Crippen LogP contribution < -0.4 is 10.1 Å². The van der Waals surface area contributed by atoms with E-state index < -0.39 is 6.61 Å². The number of halogens is 2. The number of ether oxygens (including phenoxy) is 1. The van der Waals surface area contributed by atoms with Gasteiger partial charge in [-0.05, 0) is 34.7 Å². The van der Waals surface area contributed by atoms with E-state index >= 15 is 0 Å². The topological polar surface area (TPSA) is 85.2 Å². The number of benzene rings is 1. The minimum absolute atomic E-state index is 0.0382. The van der Waals surface area contributed by atoms with Gasteiger partial charge in [0.05, 0.1) is 18.8 Å². The number of hydrogen-bond acceptors (Lipinski definition) is 6. The molecule has 23 heavy (non-hydrogen) atoms. The van der Waals surface area contributed by atoms with E-state index in [2.05, 4.69) is 25.6 Å². The molecule has 1 N–H and O–H groups in total. The number of aromatic nitrogens is 4. The van der Waals surface area contributed by atoms with Crippen molar-refractivity contribution in [3.05, 3.63) is 30.1 Å². The quantitative estimate of drug-likeness (QED) is 0.845. The molecule has 1 fully saturated rings. The Morgan fingerprint density at radius 2 is 2.09 bits per heavy atom. The maximum absolute atomic E-state index is 12.2. The lowest BCUT2D eigenvalue weighted by Crippen LogP contribution is -2.47. The van der Waals surface area contributed by atoms with Crippen molar-refractivity contribution in [2.24, 2.45) is 0 Å². The minimum atomic E-state index is -2.87. The molecule has 2 heterocycles. The summed E-state index contributed by atoms with van der Waals surface area (Å²) >= 11 is 0. The molecule has 3 rings (SSSR count). The SMILES string of the molecule is O=C1CN(Cc2nnnn2-c2ccc(OC(F)F)cc2)CCN1. The van der Waals surface area contributed by atoms with Gasteiger partial charge in [-0.2, -0.15) is 13.5 Å². The van der Waals surface area contributed by atoms with Gasteiger partial charge in [0.25, 0.3) is 0 Å². The highest BCUT2D eigenvalue weighted by Crippen LogP contribution is 2.17. The van der Waals surface area contributed by atoms with Crippen LogP contribution in [0.25, 0.3) is 5.69 Å². The monoisotopic (exact) mass is 324 g/mol. The van der Waals surface area contributed by atoms with Gasteiger partial charge in [-0.3, -0.25) is 9.69 Å². The average molecular weight is 324 g/mol. The van der Waals surface area contributed by atoms with Gasteiger partial charge >= 0.3 is 6.61 Å². The largest absolute Gasteiger partial charge is 0.435 e. The number of alkyl halides is 2. The average Bonchev–Trinajstić information content (AvgIpc) is 2.95. The fraction of sp³-hybridized carbons (Fsp3) is 0.385. The van der Waals surface area contributed by atoms with Crippen LogP contribution in [0.4, 0.5) is 8.78 Å². The van der Waals surface area contributed by atoms with Gasteiger partial charge < -0.3 is 10.1 Å². The summed E-state index contributed by atoms with van der Waals surface area (Å²) in [7, 11) is 0. The second kappa shape index (κ2) is 6.65. The smallest absolute Gasteiger partial charge is 0.387 e. The number of nitrogens with zero attached hydrogens (tertiary/aromatic N) is 5. The number of hydrogen-bond donors (Lipinski definition) is 1. The number of rotatable bonds is 5. The Bertz CT molecular complexity index is 675. The first-order valence-corrected chi connectivity index (χ1v) is 6.93. The molecule has 1 aromatic heterocycles. The van der Waals surface area contributed by atoms with E-state index in [4.69, 9.17) is 0 Å². The molecular formula is C13H14F2N6O2. The van der Waals surface area contributed by atoms with Crippen LogP contribution in [-0.4, -0.2) is 57.3 Å². The van der Waals surface area contributed by atoms with E-state index in [9.17, 15) is 13.6 Å². The fourth-order valence-electron chi connectivity index (χ4n) is 2.30. The first kappa shape index (κ1) is 15.3. The molecule has 0 aliphatic carbocycles. The molecule has 0 radical (unpaired) electrons. The molecular weight excluding hydrogens is 310 g/mol. The van der Waals surface area contributed by atoms with Crippen LogP contribution in [0.3, 0.4) is 0 Å². The Morgan fingerprint density at radius 3 is 2.78 bits per heavy atom. The lowest BCUT2D eigenvalue weighted by molar-refractivity contribution is -0.124. The maximum atomic E-state index is 12.2. The summed E-state index contributed by atoms with van der Waals surface area (Å²) < 4.78 is 30.1. The highest BCUT2D eigenvalue weighted by atomic mass is 19.3. The molecule has 0 spiro atoms. The Labute approximate surface area is 130 Å². The van der Waals surface area contributed by atoms with Crippen molar-refractivity contribution in [3.63, 3.8) is 0 Å². The zero-order valence-corrected chi connectivity index (χ0v) is 12.0. The lowest BCUT2D eigenvalue weighted by atomic mass is 10.3. The molecule has 0 saturated carbocycles. The predicted molar refractivity (Wildman–Crippen MR) is 74.1 cm³/mol. The molecule has 0 bridgehead atoms. The maximum Gasteiger partial charge on any atom is 0.387 e. The zero-order chi connectivity index (χ0) is 16.2. The molecule has 1 aromatic carbocycles. The standard InChI is InChI=1S/C13H14F2N6O2/c14-13(15)23-10-3-1-9(2-4-10)21-11(17-18-19-21)7-20-6-5-16-12(22)8-20/h1-4,13H,5-8H2,(H,16,22). The Hall–Kier alpha value is -2.62. The van der Waals surface area contributed by atoms with Crippen LogP contribution in [0.2, 0.25) is 0 Å². The summed E-state index contributed by atoms with van der Waals surface area (Å²) in [6.45, 7) is -0.876. The normalized spacial score (nSPS) is 15.7. The molecule has 1 aliphatic heterocycles. The third-order valence-electron chi connectivity index (χ3n) is 3.32. The van der Waals surface area contributed by atoms with Crippen LogP contribution in [0.15, 0.2) is 24.3 Å². The van der Waals surface area contributed by atoms with Crippen LogP contribution >= 0.6 is 0 Å². The van der Waals surface area contributed by atoms with Crippen molar-refractivity contribution < 1.29 is 18.3 Å². The summed E-state index contributed by atoms with van der Waals surface area (Å²) in [5, 5.41) is 14.2. The predicted octanol–water partition coefficient (Wildman–Crippen LogP) is 0.195. The van der Waals surface area contributed by atoms with Crippen molar-refractivity contribution in [2.75, 3.05) is 19.6 Å². The second-order valence-electron chi connectivity index (χ2n) is 4.94. The molecule has 0 atom stereocenters.